The predicted octanol–water partition coefficient (Wildman–Crippen LogP) is 6.58. The Hall–Kier alpha value is -3.50. The van der Waals surface area contributed by atoms with E-state index in [1.807, 2.05) is 84.8 Å². The van der Waals surface area contributed by atoms with Crippen LogP contribution in [-0.4, -0.2) is 15.5 Å². The van der Waals surface area contributed by atoms with E-state index < -0.39 is 0 Å². The molecule has 1 aliphatic rings. The fourth-order valence-electron chi connectivity index (χ4n) is 4.20. The van der Waals surface area contributed by atoms with E-state index in [0.717, 1.165) is 33.8 Å². The zero-order valence-corrected chi connectivity index (χ0v) is 17.9. The molecule has 4 aromatic rings. The van der Waals surface area contributed by atoms with Gasteiger partial charge >= 0.3 is 6.03 Å². The Morgan fingerprint density at radius 1 is 0.935 bits per heavy atom. The van der Waals surface area contributed by atoms with Crippen LogP contribution < -0.4 is 5.32 Å². The van der Waals surface area contributed by atoms with Crippen molar-refractivity contribution >= 4 is 23.3 Å². The standard InChI is InChI=1S/C26H22ClN3O/c1-18-12-14-20(15-13-18)28-26(31)30-17-19-7-2-5-10-23(19)29-16-6-11-24(29)25(30)21-8-3-4-9-22(21)27/h2-16,25H,17H2,1H3,(H,28,31). The number of carbonyl (C=O) groups excluding carboxylic acids is 1. The summed E-state index contributed by atoms with van der Waals surface area (Å²) in [5.41, 5.74) is 5.96. The number of halogens is 1. The number of nitrogens with one attached hydrogen (secondary N) is 1. The number of aromatic nitrogens is 1. The van der Waals surface area contributed by atoms with Crippen molar-refractivity contribution in [3.05, 3.63) is 119 Å². The van der Waals surface area contributed by atoms with Gasteiger partial charge in [-0.1, -0.05) is 65.7 Å². The molecule has 1 aromatic heterocycles. The normalized spacial score (nSPS) is 15.0. The smallest absolute Gasteiger partial charge is 0.318 e. The topological polar surface area (TPSA) is 37.3 Å². The van der Waals surface area contributed by atoms with E-state index in [9.17, 15) is 4.79 Å². The summed E-state index contributed by atoms with van der Waals surface area (Å²) in [4.78, 5) is 15.5. The fraction of sp³-hybridized carbons (Fsp3) is 0.115. The van der Waals surface area contributed by atoms with Crippen LogP contribution in [0.3, 0.4) is 0 Å². The summed E-state index contributed by atoms with van der Waals surface area (Å²) in [6, 6.07) is 27.3. The highest BCUT2D eigenvalue weighted by Crippen LogP contribution is 2.39. The van der Waals surface area contributed by atoms with Crippen molar-refractivity contribution in [2.24, 2.45) is 0 Å². The molecule has 2 amide bonds. The van der Waals surface area contributed by atoms with Crippen LogP contribution in [0.4, 0.5) is 10.5 Å². The second-order valence-electron chi connectivity index (χ2n) is 7.78. The molecular weight excluding hydrogens is 406 g/mol. The average molecular weight is 428 g/mol. The molecule has 1 unspecified atom stereocenters. The Balaban J connectivity index is 1.64. The molecule has 1 atom stereocenters. The molecular formula is C26H22ClN3O. The summed E-state index contributed by atoms with van der Waals surface area (Å²) in [6.07, 6.45) is 2.04. The van der Waals surface area contributed by atoms with Gasteiger partial charge in [0.15, 0.2) is 0 Å². The molecule has 0 radical (unpaired) electrons. The van der Waals surface area contributed by atoms with Crippen molar-refractivity contribution in [2.45, 2.75) is 19.5 Å². The number of fused-ring (bicyclic) bond motifs is 3. The summed E-state index contributed by atoms with van der Waals surface area (Å²) in [7, 11) is 0. The van der Waals surface area contributed by atoms with E-state index in [4.69, 9.17) is 11.6 Å². The summed E-state index contributed by atoms with van der Waals surface area (Å²) in [6.45, 7) is 2.49. The molecule has 4 nitrogen and oxygen atoms in total. The first kappa shape index (κ1) is 19.5. The van der Waals surface area contributed by atoms with Gasteiger partial charge in [0, 0.05) is 16.9 Å². The number of benzene rings is 3. The molecule has 0 bridgehead atoms. The molecule has 3 aromatic carbocycles. The minimum atomic E-state index is -0.332. The Labute approximate surface area is 186 Å². The van der Waals surface area contributed by atoms with Gasteiger partial charge in [0.1, 0.15) is 6.04 Å². The first-order valence-electron chi connectivity index (χ1n) is 10.3. The van der Waals surface area contributed by atoms with Gasteiger partial charge < -0.3 is 14.8 Å². The van der Waals surface area contributed by atoms with Gasteiger partial charge in [0.05, 0.1) is 17.9 Å². The number of anilines is 1. The van der Waals surface area contributed by atoms with Gasteiger partial charge in [-0.15, -0.1) is 0 Å². The highest BCUT2D eigenvalue weighted by atomic mass is 35.5. The minimum absolute atomic E-state index is 0.168. The highest BCUT2D eigenvalue weighted by molar-refractivity contribution is 6.31. The number of rotatable bonds is 2. The molecule has 2 heterocycles. The molecule has 0 saturated carbocycles. The number of nitrogens with zero attached hydrogens (tertiary/aromatic N) is 2. The van der Waals surface area contributed by atoms with Gasteiger partial charge in [-0.2, -0.15) is 0 Å². The lowest BCUT2D eigenvalue weighted by Crippen LogP contribution is -2.38. The SMILES string of the molecule is Cc1ccc(NC(=O)N2Cc3ccccc3-n3cccc3C2c2ccccc2Cl)cc1. The molecule has 5 heteroatoms. The quantitative estimate of drug-likeness (QED) is 0.385. The molecule has 1 N–H and O–H groups in total. The van der Waals surface area contributed by atoms with Crippen LogP contribution in [0.5, 0.6) is 0 Å². The van der Waals surface area contributed by atoms with Crippen LogP contribution >= 0.6 is 11.6 Å². The summed E-state index contributed by atoms with van der Waals surface area (Å²) < 4.78 is 2.16. The Morgan fingerprint density at radius 3 is 2.48 bits per heavy atom. The van der Waals surface area contributed by atoms with Gasteiger partial charge in [0.2, 0.25) is 0 Å². The Kier molecular flexibility index (Phi) is 5.00. The van der Waals surface area contributed by atoms with Crippen molar-refractivity contribution in [2.75, 3.05) is 5.32 Å². The Morgan fingerprint density at radius 2 is 1.68 bits per heavy atom. The lowest BCUT2D eigenvalue weighted by atomic mass is 10.0. The van der Waals surface area contributed by atoms with E-state index >= 15 is 0 Å². The highest BCUT2D eigenvalue weighted by Gasteiger charge is 2.34. The molecule has 0 aliphatic carbocycles. The third kappa shape index (κ3) is 3.60. The number of hydrogen-bond acceptors (Lipinski definition) is 1. The van der Waals surface area contributed by atoms with Crippen LogP contribution in [0, 0.1) is 6.92 Å². The van der Waals surface area contributed by atoms with Crippen LogP contribution in [-0.2, 0) is 6.54 Å². The van der Waals surface area contributed by atoms with Crippen molar-refractivity contribution in [3.8, 4) is 5.69 Å². The van der Waals surface area contributed by atoms with Crippen LogP contribution in [0.25, 0.3) is 5.69 Å². The molecule has 0 saturated heterocycles. The molecule has 1 aliphatic heterocycles. The monoisotopic (exact) mass is 427 g/mol. The molecule has 154 valence electrons. The molecule has 0 fully saturated rings. The van der Waals surface area contributed by atoms with Gasteiger partial charge in [-0.25, -0.2) is 4.79 Å². The van der Waals surface area contributed by atoms with E-state index in [2.05, 4.69) is 28.1 Å². The summed E-state index contributed by atoms with van der Waals surface area (Å²) >= 11 is 6.64. The zero-order chi connectivity index (χ0) is 21.4. The number of carbonyl (C=O) groups is 1. The van der Waals surface area contributed by atoms with E-state index in [1.165, 1.54) is 0 Å². The number of urea groups is 1. The number of hydrogen-bond donors (Lipinski definition) is 1. The first-order valence-corrected chi connectivity index (χ1v) is 10.6. The molecule has 5 rings (SSSR count). The van der Waals surface area contributed by atoms with Crippen LogP contribution in [0.15, 0.2) is 91.1 Å². The summed E-state index contributed by atoms with van der Waals surface area (Å²) in [5.74, 6) is 0. The van der Waals surface area contributed by atoms with E-state index in [1.54, 1.807) is 0 Å². The van der Waals surface area contributed by atoms with Gasteiger partial charge in [-0.05, 0) is 54.4 Å². The average Bonchev–Trinajstić information content (AvgIpc) is 3.21. The van der Waals surface area contributed by atoms with Gasteiger partial charge in [-0.3, -0.25) is 0 Å². The van der Waals surface area contributed by atoms with Crippen molar-refractivity contribution < 1.29 is 4.79 Å². The maximum absolute atomic E-state index is 13.6. The number of para-hydroxylation sites is 1. The number of aryl methyl sites for hydroxylation is 1. The summed E-state index contributed by atoms with van der Waals surface area (Å²) in [5, 5.41) is 3.71. The first-order chi connectivity index (χ1) is 15.1. The lowest BCUT2D eigenvalue weighted by Gasteiger charge is -2.31. The number of amides is 2. The van der Waals surface area contributed by atoms with E-state index in [0.29, 0.717) is 11.6 Å². The third-order valence-electron chi connectivity index (χ3n) is 5.73. The van der Waals surface area contributed by atoms with Crippen LogP contribution in [0.2, 0.25) is 5.02 Å². The van der Waals surface area contributed by atoms with Crippen molar-refractivity contribution in [1.29, 1.82) is 0 Å². The third-order valence-corrected chi connectivity index (χ3v) is 6.07. The lowest BCUT2D eigenvalue weighted by molar-refractivity contribution is 0.194. The molecule has 31 heavy (non-hydrogen) atoms. The minimum Gasteiger partial charge on any atom is -0.318 e. The largest absolute Gasteiger partial charge is 0.322 e. The van der Waals surface area contributed by atoms with Crippen molar-refractivity contribution in [1.82, 2.24) is 9.47 Å². The zero-order valence-electron chi connectivity index (χ0n) is 17.1. The fourth-order valence-corrected chi connectivity index (χ4v) is 4.43. The van der Waals surface area contributed by atoms with Crippen LogP contribution in [0.1, 0.15) is 28.4 Å². The molecule has 0 spiro atoms. The second-order valence-corrected chi connectivity index (χ2v) is 8.19. The van der Waals surface area contributed by atoms with Crippen molar-refractivity contribution in [3.63, 3.8) is 0 Å². The second kappa shape index (κ2) is 7.97. The maximum Gasteiger partial charge on any atom is 0.322 e. The van der Waals surface area contributed by atoms with Gasteiger partial charge in [0.25, 0.3) is 0 Å². The maximum atomic E-state index is 13.6. The Bertz CT molecular complexity index is 1250. The van der Waals surface area contributed by atoms with E-state index in [-0.39, 0.29) is 12.1 Å². The predicted molar refractivity (Wildman–Crippen MR) is 125 cm³/mol.